The second kappa shape index (κ2) is 8.75. The fourth-order valence-electron chi connectivity index (χ4n) is 2.16. The molecule has 0 saturated heterocycles. The van der Waals surface area contributed by atoms with Gasteiger partial charge in [0.2, 0.25) is 0 Å². The zero-order valence-corrected chi connectivity index (χ0v) is 14.1. The van der Waals surface area contributed by atoms with Crippen LogP contribution in [0, 0.1) is 5.82 Å². The monoisotopic (exact) mass is 337 g/mol. The van der Waals surface area contributed by atoms with Crippen LogP contribution in [-0.2, 0) is 13.2 Å². The van der Waals surface area contributed by atoms with Gasteiger partial charge in [0.25, 0.3) is 0 Å². The van der Waals surface area contributed by atoms with E-state index in [0.29, 0.717) is 28.6 Å². The van der Waals surface area contributed by atoms with E-state index in [1.54, 1.807) is 31.4 Å². The maximum atomic E-state index is 13.6. The quantitative estimate of drug-likeness (QED) is 0.716. The molecule has 0 fully saturated rings. The van der Waals surface area contributed by atoms with Crippen molar-refractivity contribution in [2.24, 2.45) is 0 Å². The summed E-state index contributed by atoms with van der Waals surface area (Å²) in [6.07, 6.45) is 1.05. The summed E-state index contributed by atoms with van der Waals surface area (Å²) in [5.74, 6) is 0.789. The molecule has 0 unspecified atom stereocenters. The highest BCUT2D eigenvalue weighted by atomic mass is 35.5. The Balaban J connectivity index is 2.12. The van der Waals surface area contributed by atoms with Crippen molar-refractivity contribution < 1.29 is 13.9 Å². The number of rotatable bonds is 8. The molecule has 0 spiro atoms. The average molecular weight is 338 g/mol. The van der Waals surface area contributed by atoms with Crippen LogP contribution in [0.5, 0.6) is 11.5 Å². The molecule has 0 aliphatic carbocycles. The lowest BCUT2D eigenvalue weighted by Crippen LogP contribution is -2.14. The number of benzene rings is 2. The van der Waals surface area contributed by atoms with Gasteiger partial charge >= 0.3 is 0 Å². The Labute approximate surface area is 141 Å². The van der Waals surface area contributed by atoms with Gasteiger partial charge in [-0.1, -0.05) is 36.7 Å². The van der Waals surface area contributed by atoms with E-state index in [1.165, 1.54) is 6.07 Å². The molecule has 0 amide bonds. The smallest absolute Gasteiger partial charge is 0.163 e. The minimum absolute atomic E-state index is 0.118. The molecule has 0 saturated carbocycles. The van der Waals surface area contributed by atoms with Crippen molar-refractivity contribution in [3.63, 3.8) is 0 Å². The molecule has 0 aromatic heterocycles. The van der Waals surface area contributed by atoms with E-state index in [1.807, 2.05) is 6.07 Å². The van der Waals surface area contributed by atoms with Gasteiger partial charge < -0.3 is 14.8 Å². The maximum absolute atomic E-state index is 13.6. The summed E-state index contributed by atoms with van der Waals surface area (Å²) in [6, 6.07) is 10.1. The summed E-state index contributed by atoms with van der Waals surface area (Å²) in [7, 11) is 1.57. The standard InChI is InChI=1S/C18H21ClFNO2/c1-3-8-21-11-14-9-17(22-2)18(10-15(14)19)23-12-13-6-4-5-7-16(13)20/h4-7,9-10,21H,3,8,11-12H2,1-2H3. The Hall–Kier alpha value is -1.78. The molecule has 0 radical (unpaired) electrons. The maximum Gasteiger partial charge on any atom is 0.163 e. The number of nitrogens with one attached hydrogen (secondary N) is 1. The van der Waals surface area contributed by atoms with Gasteiger partial charge in [0.05, 0.1) is 7.11 Å². The molecule has 0 aliphatic rings. The number of hydrogen-bond acceptors (Lipinski definition) is 3. The number of ether oxygens (including phenoxy) is 2. The molecule has 0 aliphatic heterocycles. The highest BCUT2D eigenvalue weighted by Crippen LogP contribution is 2.34. The van der Waals surface area contributed by atoms with Gasteiger partial charge in [-0.3, -0.25) is 0 Å². The van der Waals surface area contributed by atoms with E-state index in [0.717, 1.165) is 18.5 Å². The molecular formula is C18H21ClFNO2. The SMILES string of the molecule is CCCNCc1cc(OC)c(OCc2ccccc2F)cc1Cl. The predicted octanol–water partition coefficient (Wildman–Crippen LogP) is 4.57. The molecule has 2 rings (SSSR count). The molecule has 2 aromatic rings. The van der Waals surface area contributed by atoms with E-state index in [2.05, 4.69) is 12.2 Å². The minimum atomic E-state index is -0.294. The van der Waals surface area contributed by atoms with Crippen LogP contribution in [0.15, 0.2) is 36.4 Å². The molecule has 0 bridgehead atoms. The van der Waals surface area contributed by atoms with Crippen LogP contribution in [0.4, 0.5) is 4.39 Å². The Morgan fingerprint density at radius 1 is 1.13 bits per heavy atom. The van der Waals surface area contributed by atoms with Crippen LogP contribution >= 0.6 is 11.6 Å². The molecule has 5 heteroatoms. The van der Waals surface area contributed by atoms with Gasteiger partial charge in [-0.05, 0) is 30.7 Å². The normalized spacial score (nSPS) is 10.6. The lowest BCUT2D eigenvalue weighted by molar-refractivity contribution is 0.279. The van der Waals surface area contributed by atoms with Gasteiger partial charge in [-0.2, -0.15) is 0 Å². The van der Waals surface area contributed by atoms with E-state index >= 15 is 0 Å². The molecular weight excluding hydrogens is 317 g/mol. The highest BCUT2D eigenvalue weighted by molar-refractivity contribution is 6.31. The average Bonchev–Trinajstić information content (AvgIpc) is 2.56. The van der Waals surface area contributed by atoms with Gasteiger partial charge in [-0.25, -0.2) is 4.39 Å². The first kappa shape index (κ1) is 17.6. The van der Waals surface area contributed by atoms with Crippen LogP contribution in [0.25, 0.3) is 0 Å². The second-order valence-corrected chi connectivity index (χ2v) is 5.56. The van der Waals surface area contributed by atoms with Crippen molar-refractivity contribution in [3.05, 3.63) is 58.4 Å². The second-order valence-electron chi connectivity index (χ2n) is 5.15. The predicted molar refractivity (Wildman–Crippen MR) is 90.7 cm³/mol. The number of halogens is 2. The van der Waals surface area contributed by atoms with Gasteiger partial charge in [0.1, 0.15) is 12.4 Å². The Bertz CT molecular complexity index is 649. The Kier molecular flexibility index (Phi) is 6.68. The molecule has 124 valence electrons. The number of hydrogen-bond donors (Lipinski definition) is 1. The fraction of sp³-hybridized carbons (Fsp3) is 0.333. The van der Waals surface area contributed by atoms with E-state index in [4.69, 9.17) is 21.1 Å². The molecule has 3 nitrogen and oxygen atoms in total. The third-order valence-electron chi connectivity index (χ3n) is 3.42. The summed E-state index contributed by atoms with van der Waals surface area (Å²) in [5.41, 5.74) is 1.43. The third-order valence-corrected chi connectivity index (χ3v) is 3.77. The molecule has 1 N–H and O–H groups in total. The first-order valence-corrected chi connectivity index (χ1v) is 7.96. The van der Waals surface area contributed by atoms with Crippen molar-refractivity contribution in [1.29, 1.82) is 0 Å². The molecule has 0 heterocycles. The van der Waals surface area contributed by atoms with Crippen molar-refractivity contribution in [2.45, 2.75) is 26.5 Å². The minimum Gasteiger partial charge on any atom is -0.493 e. The first-order chi connectivity index (χ1) is 11.2. The van der Waals surface area contributed by atoms with Crippen molar-refractivity contribution >= 4 is 11.6 Å². The van der Waals surface area contributed by atoms with E-state index < -0.39 is 0 Å². The summed E-state index contributed by atoms with van der Waals surface area (Å²) in [4.78, 5) is 0. The summed E-state index contributed by atoms with van der Waals surface area (Å²) >= 11 is 6.30. The van der Waals surface area contributed by atoms with Gasteiger partial charge in [-0.15, -0.1) is 0 Å². The van der Waals surface area contributed by atoms with Crippen LogP contribution in [0.3, 0.4) is 0 Å². The lowest BCUT2D eigenvalue weighted by Gasteiger charge is -2.14. The Morgan fingerprint density at radius 2 is 1.91 bits per heavy atom. The third kappa shape index (κ3) is 4.85. The largest absolute Gasteiger partial charge is 0.493 e. The molecule has 0 atom stereocenters. The van der Waals surface area contributed by atoms with E-state index in [9.17, 15) is 4.39 Å². The van der Waals surface area contributed by atoms with Crippen molar-refractivity contribution in [2.75, 3.05) is 13.7 Å². The van der Waals surface area contributed by atoms with Crippen molar-refractivity contribution in [3.8, 4) is 11.5 Å². The van der Waals surface area contributed by atoms with Crippen molar-refractivity contribution in [1.82, 2.24) is 5.32 Å². The van der Waals surface area contributed by atoms with Gasteiger partial charge in [0, 0.05) is 23.2 Å². The first-order valence-electron chi connectivity index (χ1n) is 7.59. The van der Waals surface area contributed by atoms with Crippen LogP contribution in [0.1, 0.15) is 24.5 Å². The molecule has 23 heavy (non-hydrogen) atoms. The zero-order valence-electron chi connectivity index (χ0n) is 13.4. The van der Waals surface area contributed by atoms with Crippen LogP contribution in [0.2, 0.25) is 5.02 Å². The highest BCUT2D eigenvalue weighted by Gasteiger charge is 2.11. The summed E-state index contributed by atoms with van der Waals surface area (Å²) < 4.78 is 24.7. The van der Waals surface area contributed by atoms with Crippen LogP contribution in [-0.4, -0.2) is 13.7 Å². The Morgan fingerprint density at radius 3 is 2.61 bits per heavy atom. The zero-order chi connectivity index (χ0) is 16.7. The van der Waals surface area contributed by atoms with Gasteiger partial charge in [0.15, 0.2) is 11.5 Å². The topological polar surface area (TPSA) is 30.5 Å². The van der Waals surface area contributed by atoms with Crippen LogP contribution < -0.4 is 14.8 Å². The lowest BCUT2D eigenvalue weighted by atomic mass is 10.2. The van der Waals surface area contributed by atoms with E-state index in [-0.39, 0.29) is 12.4 Å². The summed E-state index contributed by atoms with van der Waals surface area (Å²) in [6.45, 7) is 3.81. The number of methoxy groups -OCH3 is 1. The summed E-state index contributed by atoms with van der Waals surface area (Å²) in [5, 5.41) is 3.89. The fourth-order valence-corrected chi connectivity index (χ4v) is 2.38. The molecule has 2 aromatic carbocycles.